The number of methoxy groups -OCH3 is 1. The van der Waals surface area contributed by atoms with Gasteiger partial charge >= 0.3 is 11.9 Å². The molecule has 1 aliphatic carbocycles. The molecule has 0 spiro atoms. The minimum Gasteiger partial charge on any atom is -0.490 e. The summed E-state index contributed by atoms with van der Waals surface area (Å²) in [5.74, 6) is -0.538. The van der Waals surface area contributed by atoms with E-state index >= 15 is 0 Å². The van der Waals surface area contributed by atoms with Crippen molar-refractivity contribution < 1.29 is 28.6 Å². The average Bonchev–Trinajstić information content (AvgIpc) is 3.49. The fourth-order valence-electron chi connectivity index (χ4n) is 2.26. The van der Waals surface area contributed by atoms with Crippen LogP contribution in [0.2, 0.25) is 0 Å². The maximum absolute atomic E-state index is 11.9. The van der Waals surface area contributed by atoms with Gasteiger partial charge < -0.3 is 14.2 Å². The van der Waals surface area contributed by atoms with Gasteiger partial charge in [-0.3, -0.25) is 14.9 Å². The van der Waals surface area contributed by atoms with Gasteiger partial charge in [0.05, 0.1) is 30.8 Å². The maximum atomic E-state index is 11.9. The fraction of sp³-hybridized carbons (Fsp3) is 0.316. The number of amides is 1. The summed E-state index contributed by atoms with van der Waals surface area (Å²) in [6.07, 6.45) is 4.27. The Labute approximate surface area is 171 Å². The SMILES string of the molecule is CCOc1cc(C=N/N=C2/NC(=O)/C(=C\C(=O)OC)S2)ccc1OC(=O)C1CC1. The van der Waals surface area contributed by atoms with Crippen molar-refractivity contribution in [2.45, 2.75) is 19.8 Å². The zero-order chi connectivity index (χ0) is 20.8. The van der Waals surface area contributed by atoms with Crippen molar-refractivity contribution in [3.8, 4) is 11.5 Å². The smallest absolute Gasteiger partial charge is 0.331 e. The molecule has 1 saturated heterocycles. The third-order valence-corrected chi connectivity index (χ3v) is 4.75. The highest BCUT2D eigenvalue weighted by Crippen LogP contribution is 2.34. The van der Waals surface area contributed by atoms with Gasteiger partial charge in [0, 0.05) is 6.08 Å². The van der Waals surface area contributed by atoms with Gasteiger partial charge in [-0.1, -0.05) is 0 Å². The van der Waals surface area contributed by atoms with Crippen LogP contribution < -0.4 is 14.8 Å². The summed E-state index contributed by atoms with van der Waals surface area (Å²) in [5, 5.41) is 10.6. The summed E-state index contributed by atoms with van der Waals surface area (Å²) in [5.41, 5.74) is 0.670. The molecule has 2 fully saturated rings. The Bertz CT molecular complexity index is 921. The van der Waals surface area contributed by atoms with E-state index in [0.717, 1.165) is 30.7 Å². The quantitative estimate of drug-likeness (QED) is 0.237. The van der Waals surface area contributed by atoms with E-state index in [9.17, 15) is 14.4 Å². The van der Waals surface area contributed by atoms with Gasteiger partial charge in [0.15, 0.2) is 16.7 Å². The molecule has 2 aliphatic rings. The number of rotatable bonds is 7. The topological polar surface area (TPSA) is 116 Å². The molecule has 0 aromatic heterocycles. The minimum absolute atomic E-state index is 0.0150. The molecule has 0 radical (unpaired) electrons. The first-order chi connectivity index (χ1) is 14.0. The van der Waals surface area contributed by atoms with Crippen LogP contribution >= 0.6 is 11.8 Å². The number of benzene rings is 1. The van der Waals surface area contributed by atoms with Crippen LogP contribution in [0.4, 0.5) is 0 Å². The van der Waals surface area contributed by atoms with Crippen molar-refractivity contribution in [1.29, 1.82) is 0 Å². The van der Waals surface area contributed by atoms with Crippen LogP contribution in [-0.2, 0) is 19.1 Å². The van der Waals surface area contributed by atoms with Gasteiger partial charge in [-0.15, -0.1) is 5.10 Å². The lowest BCUT2D eigenvalue weighted by Gasteiger charge is -2.10. The molecule has 0 bridgehead atoms. The van der Waals surface area contributed by atoms with Gasteiger partial charge in [0.25, 0.3) is 5.91 Å². The monoisotopic (exact) mass is 417 g/mol. The average molecular weight is 417 g/mol. The lowest BCUT2D eigenvalue weighted by molar-refractivity contribution is -0.136. The third kappa shape index (κ3) is 5.67. The molecule has 1 aromatic rings. The molecule has 10 heteroatoms. The van der Waals surface area contributed by atoms with Crippen molar-refractivity contribution in [3.63, 3.8) is 0 Å². The number of amidine groups is 1. The lowest BCUT2D eigenvalue weighted by atomic mass is 10.2. The Balaban J connectivity index is 1.68. The predicted molar refractivity (Wildman–Crippen MR) is 107 cm³/mol. The van der Waals surface area contributed by atoms with Gasteiger partial charge in [0.1, 0.15) is 0 Å². The van der Waals surface area contributed by atoms with Gasteiger partial charge in [-0.2, -0.15) is 5.10 Å². The molecule has 9 nitrogen and oxygen atoms in total. The van der Waals surface area contributed by atoms with Crippen LogP contribution in [-0.4, -0.2) is 42.9 Å². The molecule has 0 unspecified atom stereocenters. The molecule has 3 rings (SSSR count). The normalized spacial score (nSPS) is 18.9. The summed E-state index contributed by atoms with van der Waals surface area (Å²) in [6, 6.07) is 5.04. The molecule has 1 aliphatic heterocycles. The molecular weight excluding hydrogens is 398 g/mol. The van der Waals surface area contributed by atoms with Gasteiger partial charge in [-0.25, -0.2) is 4.79 Å². The van der Waals surface area contributed by atoms with Crippen molar-refractivity contribution >= 4 is 41.0 Å². The summed E-state index contributed by atoms with van der Waals surface area (Å²) in [7, 11) is 1.23. The van der Waals surface area contributed by atoms with Crippen LogP contribution in [0.5, 0.6) is 11.5 Å². The molecular formula is C19H19N3O6S. The van der Waals surface area contributed by atoms with Crippen LogP contribution in [0.25, 0.3) is 0 Å². The number of nitrogens with one attached hydrogen (secondary N) is 1. The molecule has 1 saturated carbocycles. The molecule has 1 aromatic carbocycles. The first-order valence-electron chi connectivity index (χ1n) is 8.88. The minimum atomic E-state index is -0.627. The van der Waals surface area contributed by atoms with Crippen molar-refractivity contribution in [1.82, 2.24) is 5.32 Å². The van der Waals surface area contributed by atoms with Gasteiger partial charge in [0.2, 0.25) is 0 Å². The van der Waals surface area contributed by atoms with E-state index in [1.165, 1.54) is 13.3 Å². The highest BCUT2D eigenvalue weighted by molar-refractivity contribution is 8.18. The lowest BCUT2D eigenvalue weighted by Crippen LogP contribution is -2.19. The summed E-state index contributed by atoms with van der Waals surface area (Å²) in [6.45, 7) is 2.24. The molecule has 0 atom stereocenters. The summed E-state index contributed by atoms with van der Waals surface area (Å²) >= 11 is 0.980. The number of ether oxygens (including phenoxy) is 3. The predicted octanol–water partition coefficient (Wildman–Crippen LogP) is 2.01. The molecule has 29 heavy (non-hydrogen) atoms. The second-order valence-electron chi connectivity index (χ2n) is 6.07. The van der Waals surface area contributed by atoms with Gasteiger partial charge in [-0.05, 0) is 55.3 Å². The number of hydrogen-bond donors (Lipinski definition) is 1. The van der Waals surface area contributed by atoms with E-state index in [4.69, 9.17) is 9.47 Å². The van der Waals surface area contributed by atoms with Crippen LogP contribution in [0.1, 0.15) is 25.3 Å². The van der Waals surface area contributed by atoms with E-state index in [2.05, 4.69) is 20.3 Å². The number of carbonyl (C=O) groups excluding carboxylic acids is 3. The number of nitrogens with zero attached hydrogens (tertiary/aromatic N) is 2. The Morgan fingerprint density at radius 1 is 1.31 bits per heavy atom. The number of esters is 2. The second-order valence-corrected chi connectivity index (χ2v) is 7.10. The standard InChI is InChI=1S/C19H19N3O6S/c1-3-27-14-8-11(4-7-13(14)28-18(25)12-5-6-12)10-20-22-19-21-17(24)15(29-19)9-16(23)26-2/h4,7-10,12H,3,5-6H2,1-2H3,(H,21,22,24)/b15-9+,20-10?. The van der Waals surface area contributed by atoms with Crippen LogP contribution in [0.3, 0.4) is 0 Å². The zero-order valence-electron chi connectivity index (χ0n) is 15.8. The fourth-order valence-corrected chi connectivity index (χ4v) is 3.00. The summed E-state index contributed by atoms with van der Waals surface area (Å²) < 4.78 is 15.4. The number of carbonyl (C=O) groups is 3. The Kier molecular flexibility index (Phi) is 6.65. The Morgan fingerprint density at radius 2 is 2.10 bits per heavy atom. The molecule has 1 N–H and O–H groups in total. The second kappa shape index (κ2) is 9.37. The Hall–Kier alpha value is -3.14. The van der Waals surface area contributed by atoms with Crippen molar-refractivity contribution in [2.75, 3.05) is 13.7 Å². The maximum Gasteiger partial charge on any atom is 0.331 e. The molecule has 1 amide bonds. The number of hydrogen-bond acceptors (Lipinski definition) is 9. The van der Waals surface area contributed by atoms with Crippen molar-refractivity contribution in [2.24, 2.45) is 16.1 Å². The van der Waals surface area contributed by atoms with E-state index in [1.54, 1.807) is 18.2 Å². The largest absolute Gasteiger partial charge is 0.490 e. The van der Waals surface area contributed by atoms with E-state index in [-0.39, 0.29) is 22.0 Å². The van der Waals surface area contributed by atoms with E-state index < -0.39 is 11.9 Å². The zero-order valence-corrected chi connectivity index (χ0v) is 16.7. The highest BCUT2D eigenvalue weighted by Gasteiger charge is 2.32. The highest BCUT2D eigenvalue weighted by atomic mass is 32.2. The van der Waals surface area contributed by atoms with E-state index in [1.807, 2.05) is 6.92 Å². The third-order valence-electron chi connectivity index (χ3n) is 3.85. The number of thioether (sulfide) groups is 1. The molecule has 1 heterocycles. The first-order valence-corrected chi connectivity index (χ1v) is 9.70. The van der Waals surface area contributed by atoms with E-state index in [0.29, 0.717) is 23.7 Å². The van der Waals surface area contributed by atoms with Crippen LogP contribution in [0.15, 0.2) is 39.4 Å². The van der Waals surface area contributed by atoms with Crippen LogP contribution in [0, 0.1) is 5.92 Å². The summed E-state index contributed by atoms with van der Waals surface area (Å²) in [4.78, 5) is 35.1. The van der Waals surface area contributed by atoms with Crippen molar-refractivity contribution in [3.05, 3.63) is 34.7 Å². The first kappa shape index (κ1) is 20.6. The molecule has 152 valence electrons. The Morgan fingerprint density at radius 3 is 2.79 bits per heavy atom.